The van der Waals surface area contributed by atoms with Crippen molar-refractivity contribution < 1.29 is 14.3 Å². The number of likely N-dealkylation sites (tertiary alicyclic amines) is 1. The molecule has 1 fully saturated rings. The summed E-state index contributed by atoms with van der Waals surface area (Å²) in [6.07, 6.45) is 2.32. The lowest BCUT2D eigenvalue weighted by atomic mass is 10.0. The highest BCUT2D eigenvalue weighted by Gasteiger charge is 2.31. The van der Waals surface area contributed by atoms with Crippen molar-refractivity contribution in [1.82, 2.24) is 19.9 Å². The number of ether oxygens (including phenoxy) is 2. The van der Waals surface area contributed by atoms with Gasteiger partial charge in [0, 0.05) is 13.0 Å². The fourth-order valence-corrected chi connectivity index (χ4v) is 4.14. The summed E-state index contributed by atoms with van der Waals surface area (Å²) in [7, 11) is 3.25. The van der Waals surface area contributed by atoms with Crippen LogP contribution < -0.4 is 9.47 Å². The smallest absolute Gasteiger partial charge is 0.225 e. The van der Waals surface area contributed by atoms with Crippen LogP contribution in [0, 0.1) is 0 Å². The standard InChI is InChI=1S/C22H26N4O3/c1-15(26-19-8-5-4-7-17(19)23-24-26)13-22(27)25-12-6-9-18(25)16-10-11-20(28-2)21(14-16)29-3/h4-5,7-8,10-11,14-15,18H,6,9,12-13H2,1-3H3/t15-,18-/m0/s1. The van der Waals surface area contributed by atoms with E-state index in [1.54, 1.807) is 14.2 Å². The van der Waals surface area contributed by atoms with Crippen LogP contribution in [0.15, 0.2) is 42.5 Å². The third-order valence-electron chi connectivity index (χ3n) is 5.63. The molecule has 0 spiro atoms. The van der Waals surface area contributed by atoms with E-state index < -0.39 is 0 Å². The maximum Gasteiger partial charge on any atom is 0.225 e. The van der Waals surface area contributed by atoms with E-state index in [1.807, 2.05) is 59.0 Å². The number of para-hydroxylation sites is 1. The Balaban J connectivity index is 1.52. The van der Waals surface area contributed by atoms with E-state index in [1.165, 1.54) is 0 Å². The first-order valence-electron chi connectivity index (χ1n) is 9.93. The SMILES string of the molecule is COc1ccc([C@@H]2CCCN2C(=O)C[C@H](C)n2nnc3ccccc32)cc1OC. The van der Waals surface area contributed by atoms with Gasteiger partial charge in [-0.2, -0.15) is 0 Å². The Hall–Kier alpha value is -3.09. The number of carbonyl (C=O) groups is 1. The average Bonchev–Trinajstić information content (AvgIpc) is 3.40. The summed E-state index contributed by atoms with van der Waals surface area (Å²) in [5, 5.41) is 8.46. The minimum Gasteiger partial charge on any atom is -0.493 e. The van der Waals surface area contributed by atoms with Gasteiger partial charge in [0.05, 0.1) is 31.8 Å². The predicted molar refractivity (Wildman–Crippen MR) is 110 cm³/mol. The summed E-state index contributed by atoms with van der Waals surface area (Å²) in [5.41, 5.74) is 2.87. The van der Waals surface area contributed by atoms with Crippen LogP contribution in [-0.4, -0.2) is 46.6 Å². The molecule has 1 aliphatic rings. The molecule has 0 saturated carbocycles. The minimum absolute atomic E-state index is 0.0574. The van der Waals surface area contributed by atoms with Crippen LogP contribution in [0.4, 0.5) is 0 Å². The van der Waals surface area contributed by atoms with Crippen molar-refractivity contribution in [3.05, 3.63) is 48.0 Å². The zero-order valence-corrected chi connectivity index (χ0v) is 17.0. The number of rotatable bonds is 6. The van der Waals surface area contributed by atoms with Crippen molar-refractivity contribution in [3.63, 3.8) is 0 Å². The van der Waals surface area contributed by atoms with E-state index in [4.69, 9.17) is 9.47 Å². The molecule has 1 amide bonds. The third kappa shape index (κ3) is 3.64. The first-order chi connectivity index (χ1) is 14.1. The van der Waals surface area contributed by atoms with E-state index in [0.29, 0.717) is 17.9 Å². The average molecular weight is 394 g/mol. The summed E-state index contributed by atoms with van der Waals surface area (Å²) in [5.74, 6) is 1.51. The maximum absolute atomic E-state index is 13.2. The number of methoxy groups -OCH3 is 2. The molecule has 2 atom stereocenters. The van der Waals surface area contributed by atoms with Crippen LogP contribution in [-0.2, 0) is 4.79 Å². The van der Waals surface area contributed by atoms with Gasteiger partial charge in [-0.15, -0.1) is 5.10 Å². The number of benzene rings is 2. The van der Waals surface area contributed by atoms with Crippen molar-refractivity contribution in [2.45, 2.75) is 38.3 Å². The number of carbonyl (C=O) groups excluding carboxylic acids is 1. The van der Waals surface area contributed by atoms with E-state index in [9.17, 15) is 4.79 Å². The molecular weight excluding hydrogens is 368 g/mol. The van der Waals surface area contributed by atoms with Crippen LogP contribution in [0.5, 0.6) is 11.5 Å². The molecule has 0 unspecified atom stereocenters. The molecule has 4 rings (SSSR count). The van der Waals surface area contributed by atoms with E-state index in [0.717, 1.165) is 36.0 Å². The molecule has 2 aromatic carbocycles. The highest BCUT2D eigenvalue weighted by Crippen LogP contribution is 2.37. The largest absolute Gasteiger partial charge is 0.493 e. The lowest BCUT2D eigenvalue weighted by molar-refractivity contribution is -0.132. The summed E-state index contributed by atoms with van der Waals surface area (Å²) in [6, 6.07) is 13.7. The molecule has 3 aromatic rings. The van der Waals surface area contributed by atoms with Gasteiger partial charge in [0.2, 0.25) is 5.91 Å². The van der Waals surface area contributed by atoms with Crippen molar-refractivity contribution in [2.24, 2.45) is 0 Å². The van der Waals surface area contributed by atoms with Crippen molar-refractivity contribution in [3.8, 4) is 11.5 Å². The van der Waals surface area contributed by atoms with Crippen molar-refractivity contribution >= 4 is 16.9 Å². The zero-order chi connectivity index (χ0) is 20.4. The molecule has 0 bridgehead atoms. The van der Waals surface area contributed by atoms with Crippen LogP contribution >= 0.6 is 0 Å². The van der Waals surface area contributed by atoms with Gasteiger partial charge in [0.25, 0.3) is 0 Å². The molecule has 2 heterocycles. The summed E-state index contributed by atoms with van der Waals surface area (Å²) in [4.78, 5) is 15.1. The number of hydrogen-bond donors (Lipinski definition) is 0. The summed E-state index contributed by atoms with van der Waals surface area (Å²) in [6.45, 7) is 2.78. The third-order valence-corrected chi connectivity index (χ3v) is 5.63. The van der Waals surface area contributed by atoms with Crippen molar-refractivity contribution in [1.29, 1.82) is 0 Å². The fourth-order valence-electron chi connectivity index (χ4n) is 4.14. The van der Waals surface area contributed by atoms with Gasteiger partial charge in [-0.1, -0.05) is 23.4 Å². The second kappa shape index (κ2) is 8.11. The van der Waals surface area contributed by atoms with Gasteiger partial charge < -0.3 is 14.4 Å². The molecule has 0 aliphatic carbocycles. The second-order valence-corrected chi connectivity index (χ2v) is 7.44. The molecule has 1 aromatic heterocycles. The fraction of sp³-hybridized carbons (Fsp3) is 0.409. The van der Waals surface area contributed by atoms with E-state index in [-0.39, 0.29) is 18.0 Å². The molecule has 152 valence electrons. The Labute approximate surface area is 170 Å². The topological polar surface area (TPSA) is 69.5 Å². The number of aromatic nitrogens is 3. The molecule has 0 N–H and O–H groups in total. The Kier molecular flexibility index (Phi) is 5.38. The Morgan fingerprint density at radius 1 is 1.17 bits per heavy atom. The number of nitrogens with zero attached hydrogens (tertiary/aromatic N) is 4. The maximum atomic E-state index is 13.2. The quantitative estimate of drug-likeness (QED) is 0.637. The van der Waals surface area contributed by atoms with Crippen LogP contribution in [0.2, 0.25) is 0 Å². The lowest BCUT2D eigenvalue weighted by Gasteiger charge is -2.27. The Bertz CT molecular complexity index is 1020. The van der Waals surface area contributed by atoms with Crippen LogP contribution in [0.3, 0.4) is 0 Å². The molecule has 0 radical (unpaired) electrons. The first kappa shape index (κ1) is 19.2. The highest BCUT2D eigenvalue weighted by atomic mass is 16.5. The van der Waals surface area contributed by atoms with Crippen LogP contribution in [0.1, 0.15) is 43.8 Å². The summed E-state index contributed by atoms with van der Waals surface area (Å²) < 4.78 is 12.6. The van der Waals surface area contributed by atoms with Gasteiger partial charge in [-0.3, -0.25) is 4.79 Å². The summed E-state index contributed by atoms with van der Waals surface area (Å²) >= 11 is 0. The number of hydrogen-bond acceptors (Lipinski definition) is 5. The predicted octanol–water partition coefficient (Wildman–Crippen LogP) is 3.76. The molecule has 1 aliphatic heterocycles. The second-order valence-electron chi connectivity index (χ2n) is 7.44. The number of amides is 1. The van der Waals surface area contributed by atoms with Gasteiger partial charge in [0.1, 0.15) is 5.52 Å². The number of fused-ring (bicyclic) bond motifs is 1. The molecule has 29 heavy (non-hydrogen) atoms. The lowest BCUT2D eigenvalue weighted by Crippen LogP contribution is -2.32. The van der Waals surface area contributed by atoms with Gasteiger partial charge >= 0.3 is 0 Å². The van der Waals surface area contributed by atoms with E-state index >= 15 is 0 Å². The first-order valence-corrected chi connectivity index (χ1v) is 9.93. The van der Waals surface area contributed by atoms with Crippen LogP contribution in [0.25, 0.3) is 11.0 Å². The zero-order valence-electron chi connectivity index (χ0n) is 17.0. The minimum atomic E-state index is -0.0680. The molecular formula is C22H26N4O3. The van der Waals surface area contributed by atoms with Gasteiger partial charge in [0.15, 0.2) is 11.5 Å². The van der Waals surface area contributed by atoms with E-state index in [2.05, 4.69) is 10.3 Å². The van der Waals surface area contributed by atoms with Gasteiger partial charge in [-0.05, 0) is 49.6 Å². The monoisotopic (exact) mass is 394 g/mol. The molecule has 1 saturated heterocycles. The molecule has 7 heteroatoms. The molecule has 7 nitrogen and oxygen atoms in total. The highest BCUT2D eigenvalue weighted by molar-refractivity contribution is 5.78. The Morgan fingerprint density at radius 2 is 1.97 bits per heavy atom. The Morgan fingerprint density at radius 3 is 2.76 bits per heavy atom. The van der Waals surface area contributed by atoms with Crippen molar-refractivity contribution in [2.75, 3.05) is 20.8 Å². The normalized spacial score (nSPS) is 17.5. The van der Waals surface area contributed by atoms with Gasteiger partial charge in [-0.25, -0.2) is 4.68 Å².